The highest BCUT2D eigenvalue weighted by Gasteiger charge is 2.16. The molecule has 8 heteroatoms. The lowest BCUT2D eigenvalue weighted by atomic mass is 10.2. The number of aromatic amines is 1. The number of pyridine rings is 1. The maximum atomic E-state index is 13.1. The lowest BCUT2D eigenvalue weighted by Crippen LogP contribution is -2.43. The van der Waals surface area contributed by atoms with Crippen LogP contribution < -0.4 is 16.7 Å². The Kier molecular flexibility index (Phi) is 4.75. The average molecular weight is 390 g/mol. The zero-order valence-electron chi connectivity index (χ0n) is 16.5. The number of aromatic nitrogens is 5. The molecule has 0 amide bonds. The van der Waals surface area contributed by atoms with Crippen LogP contribution in [0.3, 0.4) is 0 Å². The van der Waals surface area contributed by atoms with Gasteiger partial charge in [0, 0.05) is 40.7 Å². The van der Waals surface area contributed by atoms with Crippen molar-refractivity contribution in [1.29, 1.82) is 0 Å². The third-order valence-electron chi connectivity index (χ3n) is 4.74. The molecule has 0 unspecified atom stereocenters. The Bertz CT molecular complexity index is 1280. The minimum atomic E-state index is -0.575. The van der Waals surface area contributed by atoms with Crippen molar-refractivity contribution in [2.75, 3.05) is 5.32 Å². The summed E-state index contributed by atoms with van der Waals surface area (Å²) in [4.78, 5) is 37.2. The fraction of sp³-hybridized carbons (Fsp3) is 0.238. The molecule has 0 aliphatic carbocycles. The summed E-state index contributed by atoms with van der Waals surface area (Å²) in [7, 11) is 0. The summed E-state index contributed by atoms with van der Waals surface area (Å²) >= 11 is 0. The molecule has 0 spiro atoms. The molecule has 8 nitrogen and oxygen atoms in total. The second kappa shape index (κ2) is 7.38. The number of hydrogen-bond donors (Lipinski definition) is 2. The third kappa shape index (κ3) is 3.69. The minimum absolute atomic E-state index is 0.201. The average Bonchev–Trinajstić information content (AvgIpc) is 3.14. The van der Waals surface area contributed by atoms with E-state index in [2.05, 4.69) is 20.3 Å². The van der Waals surface area contributed by atoms with Gasteiger partial charge in [0.2, 0.25) is 5.95 Å². The highest BCUT2D eigenvalue weighted by molar-refractivity contribution is 5.83. The van der Waals surface area contributed by atoms with E-state index in [4.69, 9.17) is 0 Å². The van der Waals surface area contributed by atoms with Crippen LogP contribution in [0.5, 0.6) is 0 Å². The van der Waals surface area contributed by atoms with Gasteiger partial charge in [-0.3, -0.25) is 9.55 Å². The van der Waals surface area contributed by atoms with E-state index in [-0.39, 0.29) is 18.5 Å². The van der Waals surface area contributed by atoms with Crippen molar-refractivity contribution in [2.45, 2.75) is 33.4 Å². The Balaban J connectivity index is 1.81. The Morgan fingerprint density at radius 1 is 1.14 bits per heavy atom. The first-order valence-electron chi connectivity index (χ1n) is 9.41. The molecule has 4 rings (SSSR count). The maximum Gasteiger partial charge on any atom is 0.355 e. The Labute approximate surface area is 166 Å². The van der Waals surface area contributed by atoms with Gasteiger partial charge in [-0.15, -0.1) is 0 Å². The standard InChI is InChI=1S/C21H22N6O2/c1-13(2)27-20(28)25-19(24-17-6-7-18-16(10-17)8-9-22-18)26(21(27)29)12-15-5-4-14(3)23-11-15/h4-11,13,22H,12H2,1-3H3,(H,24,25,28). The van der Waals surface area contributed by atoms with Gasteiger partial charge in [-0.05, 0) is 56.7 Å². The summed E-state index contributed by atoms with van der Waals surface area (Å²) in [5.74, 6) is 0.201. The number of aryl methyl sites for hydroxylation is 1. The van der Waals surface area contributed by atoms with E-state index >= 15 is 0 Å². The van der Waals surface area contributed by atoms with Crippen LogP contribution in [0.4, 0.5) is 11.6 Å². The highest BCUT2D eigenvalue weighted by Crippen LogP contribution is 2.20. The molecule has 4 aromatic rings. The SMILES string of the molecule is Cc1ccc(Cn2c(Nc3ccc4[nH]ccc4c3)nc(=O)n(C(C)C)c2=O)cn1. The summed E-state index contributed by atoms with van der Waals surface area (Å²) in [6.07, 6.45) is 3.58. The zero-order chi connectivity index (χ0) is 20.5. The van der Waals surface area contributed by atoms with Crippen LogP contribution in [0.1, 0.15) is 31.1 Å². The van der Waals surface area contributed by atoms with Crippen molar-refractivity contribution in [3.63, 3.8) is 0 Å². The highest BCUT2D eigenvalue weighted by atomic mass is 16.2. The smallest absolute Gasteiger partial charge is 0.355 e. The van der Waals surface area contributed by atoms with Crippen LogP contribution in [0, 0.1) is 6.92 Å². The van der Waals surface area contributed by atoms with Gasteiger partial charge < -0.3 is 10.3 Å². The number of fused-ring (bicyclic) bond motifs is 1. The predicted molar refractivity (Wildman–Crippen MR) is 113 cm³/mol. The minimum Gasteiger partial charge on any atom is -0.361 e. The molecule has 0 aliphatic rings. The first-order chi connectivity index (χ1) is 13.9. The normalized spacial score (nSPS) is 11.3. The van der Waals surface area contributed by atoms with Crippen LogP contribution in [-0.4, -0.2) is 24.1 Å². The second-order valence-electron chi connectivity index (χ2n) is 7.26. The van der Waals surface area contributed by atoms with Gasteiger partial charge in [-0.25, -0.2) is 14.2 Å². The van der Waals surface area contributed by atoms with Gasteiger partial charge >= 0.3 is 11.4 Å². The number of anilines is 2. The predicted octanol–water partition coefficient (Wildman–Crippen LogP) is 2.96. The van der Waals surface area contributed by atoms with E-state index in [0.29, 0.717) is 0 Å². The van der Waals surface area contributed by atoms with Gasteiger partial charge in [-0.2, -0.15) is 4.98 Å². The van der Waals surface area contributed by atoms with Crippen molar-refractivity contribution in [3.8, 4) is 0 Å². The fourth-order valence-electron chi connectivity index (χ4n) is 3.22. The van der Waals surface area contributed by atoms with Gasteiger partial charge in [0.05, 0.1) is 6.54 Å². The molecule has 0 radical (unpaired) electrons. The Hall–Kier alpha value is -3.68. The molecule has 0 saturated heterocycles. The van der Waals surface area contributed by atoms with Crippen LogP contribution in [0.25, 0.3) is 10.9 Å². The zero-order valence-corrected chi connectivity index (χ0v) is 16.5. The first kappa shape index (κ1) is 18.7. The van der Waals surface area contributed by atoms with E-state index in [1.807, 2.05) is 49.5 Å². The number of hydrogen-bond acceptors (Lipinski definition) is 5. The van der Waals surface area contributed by atoms with Crippen LogP contribution >= 0.6 is 0 Å². The molecule has 1 aromatic carbocycles. The molecule has 0 aliphatic heterocycles. The topological polar surface area (TPSA) is 97.6 Å². The molecular weight excluding hydrogens is 368 g/mol. The summed E-state index contributed by atoms with van der Waals surface area (Å²) in [5, 5.41) is 4.15. The fourth-order valence-corrected chi connectivity index (χ4v) is 3.22. The summed E-state index contributed by atoms with van der Waals surface area (Å²) in [6, 6.07) is 11.2. The third-order valence-corrected chi connectivity index (χ3v) is 4.74. The maximum absolute atomic E-state index is 13.1. The van der Waals surface area contributed by atoms with E-state index in [1.54, 1.807) is 20.0 Å². The number of H-pyrrole nitrogens is 1. The largest absolute Gasteiger partial charge is 0.361 e. The van der Waals surface area contributed by atoms with Crippen molar-refractivity contribution in [2.24, 2.45) is 0 Å². The number of rotatable bonds is 5. The van der Waals surface area contributed by atoms with Crippen molar-refractivity contribution in [3.05, 3.63) is 81.0 Å². The van der Waals surface area contributed by atoms with E-state index in [1.165, 1.54) is 4.57 Å². The van der Waals surface area contributed by atoms with Gasteiger partial charge in [0.15, 0.2) is 0 Å². The van der Waals surface area contributed by atoms with Crippen LogP contribution in [0.15, 0.2) is 58.4 Å². The molecule has 0 bridgehead atoms. The van der Waals surface area contributed by atoms with Crippen molar-refractivity contribution < 1.29 is 0 Å². The summed E-state index contributed by atoms with van der Waals surface area (Å²) < 4.78 is 2.62. The van der Waals surface area contributed by atoms with E-state index < -0.39 is 11.4 Å². The van der Waals surface area contributed by atoms with E-state index in [9.17, 15) is 9.59 Å². The van der Waals surface area contributed by atoms with Gasteiger partial charge in [0.1, 0.15) is 0 Å². The summed E-state index contributed by atoms with van der Waals surface area (Å²) in [5.41, 5.74) is 2.49. The van der Waals surface area contributed by atoms with Crippen LogP contribution in [-0.2, 0) is 6.54 Å². The molecule has 0 saturated carbocycles. The molecule has 2 N–H and O–H groups in total. The van der Waals surface area contributed by atoms with Crippen molar-refractivity contribution in [1.82, 2.24) is 24.1 Å². The molecule has 29 heavy (non-hydrogen) atoms. The van der Waals surface area contributed by atoms with Crippen molar-refractivity contribution >= 4 is 22.5 Å². The van der Waals surface area contributed by atoms with Gasteiger partial charge in [0.25, 0.3) is 0 Å². The Morgan fingerprint density at radius 3 is 2.69 bits per heavy atom. The first-order valence-corrected chi connectivity index (χ1v) is 9.41. The Morgan fingerprint density at radius 2 is 1.97 bits per heavy atom. The number of nitrogens with zero attached hydrogens (tertiary/aromatic N) is 4. The summed E-state index contributed by atoms with van der Waals surface area (Å²) in [6.45, 7) is 5.73. The molecular formula is C21H22N6O2. The van der Waals surface area contributed by atoms with Gasteiger partial charge in [-0.1, -0.05) is 6.07 Å². The lowest BCUT2D eigenvalue weighted by molar-refractivity contribution is 0.497. The quantitative estimate of drug-likeness (QED) is 0.546. The number of nitrogens with one attached hydrogen (secondary N) is 2. The lowest BCUT2D eigenvalue weighted by Gasteiger charge is -2.17. The molecule has 0 atom stereocenters. The molecule has 148 valence electrons. The monoisotopic (exact) mass is 390 g/mol. The molecule has 3 aromatic heterocycles. The molecule has 0 fully saturated rings. The number of benzene rings is 1. The molecule has 3 heterocycles. The van der Waals surface area contributed by atoms with Crippen LogP contribution in [0.2, 0.25) is 0 Å². The van der Waals surface area contributed by atoms with E-state index in [0.717, 1.165) is 32.4 Å². The second-order valence-corrected chi connectivity index (χ2v) is 7.26.